The van der Waals surface area contributed by atoms with Gasteiger partial charge in [0.05, 0.1) is 41.7 Å². The monoisotopic (exact) mass is 728 g/mol. The van der Waals surface area contributed by atoms with E-state index in [0.717, 1.165) is 62.5 Å². The van der Waals surface area contributed by atoms with Crippen molar-refractivity contribution < 1.29 is 36.2 Å². The van der Waals surface area contributed by atoms with Crippen molar-refractivity contribution in [2.45, 2.75) is 83.0 Å². The minimum Gasteiger partial charge on any atom is -0.461 e. The molecule has 4 aliphatic rings. The third kappa shape index (κ3) is 7.29. The number of alkyl halides is 3. The molecule has 3 N–H and O–H groups in total. The Balaban J connectivity index is 0.00000110. The number of nitrogens with one attached hydrogen (secondary N) is 1. The normalized spacial score (nSPS) is 19.3. The molecule has 1 atom stereocenters. The Hall–Kier alpha value is -4.75. The highest BCUT2D eigenvalue weighted by Crippen LogP contribution is 2.44. The quantitative estimate of drug-likeness (QED) is 0.191. The number of nitrogens with two attached hydrogens (primary N) is 1. The summed E-state index contributed by atoms with van der Waals surface area (Å²) in [7, 11) is 1.57. The maximum absolute atomic E-state index is 14.4. The predicted molar refractivity (Wildman–Crippen MR) is 183 cm³/mol. The summed E-state index contributed by atoms with van der Waals surface area (Å²) in [5.74, 6) is 2.50. The Morgan fingerprint density at radius 2 is 1.88 bits per heavy atom. The summed E-state index contributed by atoms with van der Waals surface area (Å²) >= 11 is 0. The molecular formula is C36H41F5N8O3. The van der Waals surface area contributed by atoms with E-state index in [9.17, 15) is 26.7 Å². The minimum absolute atomic E-state index is 0.0248. The van der Waals surface area contributed by atoms with Crippen molar-refractivity contribution in [3.63, 3.8) is 0 Å². The van der Waals surface area contributed by atoms with Gasteiger partial charge < -0.3 is 25.4 Å². The molecule has 2 aromatic heterocycles. The van der Waals surface area contributed by atoms with Crippen LogP contribution in [-0.4, -0.2) is 69.4 Å². The average Bonchev–Trinajstić information content (AvgIpc) is 3.72. The van der Waals surface area contributed by atoms with Crippen molar-refractivity contribution in [1.82, 2.24) is 30.0 Å². The van der Waals surface area contributed by atoms with Gasteiger partial charge in [-0.05, 0) is 76.4 Å². The Kier molecular flexibility index (Phi) is 10.5. The van der Waals surface area contributed by atoms with Gasteiger partial charge in [0.25, 0.3) is 12.0 Å². The fourth-order valence-electron chi connectivity index (χ4n) is 7.95. The molecule has 0 bridgehead atoms. The number of aryl methyl sites for hydroxylation is 1. The molecule has 1 unspecified atom stereocenters. The topological polar surface area (TPSA) is 124 Å². The highest BCUT2D eigenvalue weighted by atomic mass is 19.4. The third-order valence-corrected chi connectivity index (χ3v) is 10.3. The van der Waals surface area contributed by atoms with Crippen LogP contribution < -0.4 is 20.7 Å². The Bertz CT molecular complexity index is 1890. The van der Waals surface area contributed by atoms with Crippen molar-refractivity contribution in [3.8, 4) is 18.4 Å². The summed E-state index contributed by atoms with van der Waals surface area (Å²) in [4.78, 5) is 26.9. The van der Waals surface area contributed by atoms with Gasteiger partial charge in [-0.15, -0.1) is 6.42 Å². The van der Waals surface area contributed by atoms with Crippen molar-refractivity contribution in [1.29, 1.82) is 0 Å². The van der Waals surface area contributed by atoms with Gasteiger partial charge >= 0.3 is 12.2 Å². The van der Waals surface area contributed by atoms with E-state index >= 15 is 0 Å². The number of terminal acetylenes is 1. The summed E-state index contributed by atoms with van der Waals surface area (Å²) in [5.41, 5.74) is 8.00. The Morgan fingerprint density at radius 3 is 2.54 bits per heavy atom. The molecule has 52 heavy (non-hydrogen) atoms. The van der Waals surface area contributed by atoms with Gasteiger partial charge in [0.15, 0.2) is 5.69 Å². The smallest absolute Gasteiger partial charge is 0.417 e. The van der Waals surface area contributed by atoms with Gasteiger partial charge in [-0.3, -0.25) is 14.4 Å². The second-order valence-electron chi connectivity index (χ2n) is 13.5. The number of carbonyl (C=O) groups excluding carboxylic acids is 1. The van der Waals surface area contributed by atoms with Crippen molar-refractivity contribution in [3.05, 3.63) is 69.7 Å². The van der Waals surface area contributed by atoms with Crippen molar-refractivity contribution in [2.24, 2.45) is 0 Å². The molecule has 11 nitrogen and oxygen atoms in total. The van der Waals surface area contributed by atoms with E-state index in [-0.39, 0.29) is 47.3 Å². The van der Waals surface area contributed by atoms with E-state index in [1.54, 1.807) is 7.05 Å². The first-order valence-corrected chi connectivity index (χ1v) is 17.1. The number of hydrogen-bond acceptors (Lipinski definition) is 9. The molecule has 6 heterocycles. The zero-order chi connectivity index (χ0) is 37.4. The van der Waals surface area contributed by atoms with Gasteiger partial charge in [-0.25, -0.2) is 0 Å². The van der Waals surface area contributed by atoms with Crippen LogP contribution in [0, 0.1) is 19.3 Å². The maximum Gasteiger partial charge on any atom is 0.417 e. The van der Waals surface area contributed by atoms with E-state index in [1.807, 2.05) is 11.6 Å². The summed E-state index contributed by atoms with van der Waals surface area (Å²) in [6.45, 7) is 8.25. The van der Waals surface area contributed by atoms with Gasteiger partial charge in [-0.2, -0.15) is 37.0 Å². The zero-order valence-electron chi connectivity index (χ0n) is 29.1. The lowest BCUT2D eigenvalue weighted by Gasteiger charge is -2.33. The molecule has 0 spiro atoms. The molecule has 0 aliphatic carbocycles. The molecule has 2 fully saturated rings. The van der Waals surface area contributed by atoms with Gasteiger partial charge in [0.2, 0.25) is 0 Å². The zero-order valence-corrected chi connectivity index (χ0v) is 29.1. The third-order valence-electron chi connectivity index (χ3n) is 10.3. The van der Waals surface area contributed by atoms with E-state index in [0.29, 0.717) is 49.0 Å². The van der Waals surface area contributed by atoms with E-state index in [2.05, 4.69) is 32.7 Å². The fraction of sp³-hybridized carbons (Fsp3) is 0.500. The van der Waals surface area contributed by atoms with Crippen LogP contribution in [0.1, 0.15) is 87.9 Å². The number of amides is 1. The van der Waals surface area contributed by atoms with Crippen LogP contribution in [0.5, 0.6) is 6.01 Å². The number of aromatic nitrogens is 4. The SMILES string of the molecule is C#Cc1cc(N)cc(C2Cc3nc(OCC45CCCN4CCC5)nc(N4CCCn5nc(C(=O)NC)c(C)c5C4)c3CO2)c1C(F)(F)F.C=C(F)F. The van der Waals surface area contributed by atoms with Crippen LogP contribution in [0.15, 0.2) is 24.8 Å². The summed E-state index contributed by atoms with van der Waals surface area (Å²) in [5, 5.41) is 7.24. The molecule has 4 aliphatic heterocycles. The molecule has 0 saturated carbocycles. The predicted octanol–water partition coefficient (Wildman–Crippen LogP) is 5.55. The van der Waals surface area contributed by atoms with Gasteiger partial charge in [0, 0.05) is 48.9 Å². The second-order valence-corrected chi connectivity index (χ2v) is 13.5. The fourth-order valence-corrected chi connectivity index (χ4v) is 7.95. The van der Waals surface area contributed by atoms with E-state index < -0.39 is 23.9 Å². The highest BCUT2D eigenvalue weighted by molar-refractivity contribution is 5.93. The largest absolute Gasteiger partial charge is 0.461 e. The number of carbonyl (C=O) groups is 1. The molecule has 2 saturated heterocycles. The van der Waals surface area contributed by atoms with Crippen LogP contribution in [0.25, 0.3) is 0 Å². The molecule has 278 valence electrons. The Morgan fingerprint density at radius 1 is 1.17 bits per heavy atom. The number of fused-ring (bicyclic) bond motifs is 3. The first-order chi connectivity index (χ1) is 24.7. The number of hydrogen-bond donors (Lipinski definition) is 2. The van der Waals surface area contributed by atoms with E-state index in [1.165, 1.54) is 6.07 Å². The number of nitrogens with zero attached hydrogens (tertiary/aromatic N) is 6. The lowest BCUT2D eigenvalue weighted by atomic mass is 9.91. The number of rotatable bonds is 6. The molecule has 0 radical (unpaired) electrons. The lowest BCUT2D eigenvalue weighted by molar-refractivity contribution is -0.140. The van der Waals surface area contributed by atoms with E-state index in [4.69, 9.17) is 31.6 Å². The number of anilines is 2. The molecular weight excluding hydrogens is 687 g/mol. The van der Waals surface area contributed by atoms with Crippen LogP contribution in [0.3, 0.4) is 0 Å². The lowest BCUT2D eigenvalue weighted by Crippen LogP contribution is -2.43. The first kappa shape index (κ1) is 37.0. The van der Waals surface area contributed by atoms with Crippen molar-refractivity contribution >= 4 is 17.4 Å². The van der Waals surface area contributed by atoms with Crippen LogP contribution in [0.2, 0.25) is 0 Å². The minimum atomic E-state index is -4.71. The summed E-state index contributed by atoms with van der Waals surface area (Å²) in [6, 6.07) is 2.63. The average molecular weight is 729 g/mol. The number of benzene rings is 1. The molecule has 1 amide bonds. The molecule has 1 aromatic carbocycles. The van der Waals surface area contributed by atoms with Crippen LogP contribution >= 0.6 is 0 Å². The number of ether oxygens (including phenoxy) is 2. The second kappa shape index (κ2) is 14.7. The number of halogens is 5. The molecule has 3 aromatic rings. The highest BCUT2D eigenvalue weighted by Gasteiger charge is 2.45. The van der Waals surface area contributed by atoms with Crippen LogP contribution in [-0.2, 0) is 37.0 Å². The standard InChI is InChI=1S/C34H39F3N8O3.C2H2F2/c1-4-21-14-22(38)15-23(28(21)34(35,36)37)27-16-25-24(18-47-27)30(41-32(40-25)48-19-33-8-5-11-44(33)12-6-9-33)43-10-7-13-45-26(17-43)20(2)29(42-45)31(46)39-3;1-2(3)4/h1,14-15,27H,5-13,16-19,38H2,2-3H3,(H,39,46);1H2. The summed E-state index contributed by atoms with van der Waals surface area (Å²) in [6.07, 6.45) is 3.02. The first-order valence-electron chi connectivity index (χ1n) is 17.1. The number of nitrogen functional groups attached to an aromatic ring is 1. The van der Waals surface area contributed by atoms with Crippen molar-refractivity contribution in [2.75, 3.05) is 43.9 Å². The van der Waals surface area contributed by atoms with Gasteiger partial charge in [-0.1, -0.05) is 5.92 Å². The Labute approximate surface area is 298 Å². The molecule has 7 rings (SSSR count). The van der Waals surface area contributed by atoms with Gasteiger partial charge in [0.1, 0.15) is 12.4 Å². The maximum atomic E-state index is 14.4. The summed E-state index contributed by atoms with van der Waals surface area (Å²) < 4.78 is 77.9. The molecule has 16 heteroatoms. The van der Waals surface area contributed by atoms with Crippen LogP contribution in [0.4, 0.5) is 33.5 Å².